The maximum absolute atomic E-state index is 13.0. The molecule has 5 aromatic rings. The highest BCUT2D eigenvalue weighted by atomic mass is 16.5. The minimum Gasteiger partial charge on any atom is -0.489 e. The lowest BCUT2D eigenvalue weighted by Gasteiger charge is -2.08. The number of benzene rings is 3. The third kappa shape index (κ3) is 4.26. The molecular formula is C24H17N7O2. The Labute approximate surface area is 188 Å². The minimum atomic E-state index is -0.337. The van der Waals surface area contributed by atoms with Crippen LogP contribution in [0.3, 0.4) is 0 Å². The Bertz CT molecular complexity index is 1470. The molecule has 0 saturated heterocycles. The number of nitrogens with zero attached hydrogens (tertiary/aromatic N) is 4. The minimum absolute atomic E-state index is 0.337. The molecule has 0 atom stereocenters. The molecule has 0 radical (unpaired) electrons. The first-order valence-corrected chi connectivity index (χ1v) is 10.1. The fourth-order valence-electron chi connectivity index (χ4n) is 3.45. The second-order valence-electron chi connectivity index (χ2n) is 7.28. The van der Waals surface area contributed by atoms with Crippen LogP contribution in [0, 0.1) is 11.3 Å². The maximum Gasteiger partial charge on any atom is 0.272 e. The monoisotopic (exact) mass is 435 g/mol. The molecule has 0 spiro atoms. The van der Waals surface area contributed by atoms with Gasteiger partial charge in [-0.3, -0.25) is 4.79 Å². The van der Waals surface area contributed by atoms with Gasteiger partial charge in [-0.05, 0) is 58.5 Å². The highest BCUT2D eigenvalue weighted by Gasteiger charge is 2.15. The number of tetrazole rings is 1. The van der Waals surface area contributed by atoms with Crippen molar-refractivity contribution in [1.82, 2.24) is 25.6 Å². The summed E-state index contributed by atoms with van der Waals surface area (Å²) in [5.41, 5.74) is 3.69. The van der Waals surface area contributed by atoms with Crippen molar-refractivity contribution in [3.05, 3.63) is 89.6 Å². The van der Waals surface area contributed by atoms with Gasteiger partial charge in [-0.2, -0.15) is 5.26 Å². The molecule has 160 valence electrons. The van der Waals surface area contributed by atoms with E-state index in [1.54, 1.807) is 24.3 Å². The zero-order valence-electron chi connectivity index (χ0n) is 17.2. The average molecular weight is 435 g/mol. The number of nitriles is 1. The first kappa shape index (κ1) is 20.0. The van der Waals surface area contributed by atoms with Crippen LogP contribution in [-0.2, 0) is 6.61 Å². The molecule has 0 saturated carbocycles. The summed E-state index contributed by atoms with van der Waals surface area (Å²) in [6.45, 7) is 0.460. The van der Waals surface area contributed by atoms with Crippen molar-refractivity contribution in [2.24, 2.45) is 0 Å². The molecule has 2 aromatic heterocycles. The molecule has 3 N–H and O–H groups in total. The Morgan fingerprint density at radius 1 is 1.06 bits per heavy atom. The number of aromatic amines is 2. The van der Waals surface area contributed by atoms with Crippen molar-refractivity contribution >= 4 is 22.5 Å². The Hall–Kier alpha value is -4.97. The van der Waals surface area contributed by atoms with E-state index in [-0.39, 0.29) is 5.91 Å². The second-order valence-corrected chi connectivity index (χ2v) is 7.28. The summed E-state index contributed by atoms with van der Waals surface area (Å²) in [5.74, 6) is 0.722. The largest absolute Gasteiger partial charge is 0.489 e. The van der Waals surface area contributed by atoms with E-state index >= 15 is 0 Å². The summed E-state index contributed by atoms with van der Waals surface area (Å²) in [6.07, 6.45) is 0. The number of carbonyl (C=O) groups is 1. The number of H-pyrrole nitrogens is 2. The van der Waals surface area contributed by atoms with E-state index in [0.717, 1.165) is 16.5 Å². The lowest BCUT2D eigenvalue weighted by Crippen LogP contribution is -2.13. The normalized spacial score (nSPS) is 10.6. The molecule has 9 heteroatoms. The molecule has 0 aliphatic rings. The predicted octanol–water partition coefficient (Wildman–Crippen LogP) is 4.05. The molecule has 33 heavy (non-hydrogen) atoms. The topological polar surface area (TPSA) is 132 Å². The fraction of sp³-hybridized carbons (Fsp3) is 0.0417. The summed E-state index contributed by atoms with van der Waals surface area (Å²) < 4.78 is 5.88. The highest BCUT2D eigenvalue weighted by molar-refractivity contribution is 6.07. The summed E-state index contributed by atoms with van der Waals surface area (Å²) in [5, 5.41) is 26.6. The molecule has 9 nitrogen and oxygen atoms in total. The van der Waals surface area contributed by atoms with Gasteiger partial charge >= 0.3 is 0 Å². The van der Waals surface area contributed by atoms with Gasteiger partial charge in [-0.25, -0.2) is 5.10 Å². The second kappa shape index (κ2) is 8.64. The number of rotatable bonds is 6. The van der Waals surface area contributed by atoms with E-state index in [4.69, 9.17) is 4.74 Å². The molecule has 0 unspecified atom stereocenters. The standard InChI is InChI=1S/C24H17N7O2/c25-13-16-6-8-21(19(10-16)23-28-30-31-29-23)27-24(32)22-12-17-11-18(7-9-20(17)26-22)33-14-15-4-2-1-3-5-15/h1-12,26H,14H2,(H,27,32)(H,28,29,30,31). The number of ether oxygens (including phenoxy) is 1. The van der Waals surface area contributed by atoms with E-state index in [9.17, 15) is 10.1 Å². The van der Waals surface area contributed by atoms with Crippen LogP contribution >= 0.6 is 0 Å². The van der Waals surface area contributed by atoms with Crippen LogP contribution < -0.4 is 10.1 Å². The average Bonchev–Trinajstić information content (AvgIpc) is 3.53. The van der Waals surface area contributed by atoms with Crippen LogP contribution in [0.2, 0.25) is 0 Å². The van der Waals surface area contributed by atoms with E-state index in [1.807, 2.05) is 48.5 Å². The van der Waals surface area contributed by atoms with Crippen LogP contribution in [-0.4, -0.2) is 31.5 Å². The number of anilines is 1. The number of hydrogen-bond donors (Lipinski definition) is 3. The fourth-order valence-corrected chi connectivity index (χ4v) is 3.45. The van der Waals surface area contributed by atoms with E-state index in [0.29, 0.717) is 40.7 Å². The summed E-state index contributed by atoms with van der Waals surface area (Å²) >= 11 is 0. The van der Waals surface area contributed by atoms with Crippen LogP contribution in [0.4, 0.5) is 5.69 Å². The Balaban J connectivity index is 1.36. The van der Waals surface area contributed by atoms with Gasteiger partial charge < -0.3 is 15.0 Å². The van der Waals surface area contributed by atoms with Gasteiger partial charge in [0.05, 0.1) is 17.3 Å². The van der Waals surface area contributed by atoms with E-state index in [2.05, 4.69) is 37.0 Å². The molecule has 0 fully saturated rings. The quantitative estimate of drug-likeness (QED) is 0.369. The van der Waals surface area contributed by atoms with Gasteiger partial charge in [0, 0.05) is 16.5 Å². The SMILES string of the molecule is N#Cc1ccc(NC(=O)c2cc3cc(OCc4ccccc4)ccc3[nH]2)c(-c2nnn[nH]2)c1. The highest BCUT2D eigenvalue weighted by Crippen LogP contribution is 2.27. The smallest absolute Gasteiger partial charge is 0.272 e. The Kier molecular flexibility index (Phi) is 5.23. The van der Waals surface area contributed by atoms with Crippen molar-refractivity contribution in [1.29, 1.82) is 5.26 Å². The van der Waals surface area contributed by atoms with E-state index < -0.39 is 0 Å². The number of fused-ring (bicyclic) bond motifs is 1. The lowest BCUT2D eigenvalue weighted by atomic mass is 10.1. The van der Waals surface area contributed by atoms with Crippen LogP contribution in [0.5, 0.6) is 5.75 Å². The van der Waals surface area contributed by atoms with Crippen molar-refractivity contribution in [2.75, 3.05) is 5.32 Å². The third-order valence-electron chi connectivity index (χ3n) is 5.08. The van der Waals surface area contributed by atoms with Crippen LogP contribution in [0.1, 0.15) is 21.6 Å². The Morgan fingerprint density at radius 2 is 1.94 bits per heavy atom. The van der Waals surface area contributed by atoms with Crippen LogP contribution in [0.15, 0.2) is 72.8 Å². The van der Waals surface area contributed by atoms with Crippen molar-refractivity contribution in [3.8, 4) is 23.2 Å². The van der Waals surface area contributed by atoms with Crippen molar-refractivity contribution in [2.45, 2.75) is 6.61 Å². The maximum atomic E-state index is 13.0. The Morgan fingerprint density at radius 3 is 2.73 bits per heavy atom. The first-order valence-electron chi connectivity index (χ1n) is 10.1. The van der Waals surface area contributed by atoms with Crippen LogP contribution in [0.25, 0.3) is 22.3 Å². The van der Waals surface area contributed by atoms with E-state index in [1.165, 1.54) is 0 Å². The van der Waals surface area contributed by atoms with Gasteiger partial charge in [0.25, 0.3) is 5.91 Å². The van der Waals surface area contributed by atoms with Gasteiger partial charge in [-0.1, -0.05) is 30.3 Å². The van der Waals surface area contributed by atoms with Gasteiger partial charge in [0.15, 0.2) is 5.82 Å². The molecule has 0 aliphatic carbocycles. The molecular weight excluding hydrogens is 418 g/mol. The summed E-state index contributed by atoms with van der Waals surface area (Å²) in [6, 6.07) is 24.2. The lowest BCUT2D eigenvalue weighted by molar-refractivity contribution is 0.102. The number of nitrogens with one attached hydrogen (secondary N) is 3. The third-order valence-corrected chi connectivity index (χ3v) is 5.08. The molecule has 3 aromatic carbocycles. The van der Waals surface area contributed by atoms with Gasteiger partial charge in [-0.15, -0.1) is 5.10 Å². The number of carbonyl (C=O) groups excluding carboxylic acids is 1. The number of aromatic nitrogens is 5. The molecule has 1 amide bonds. The first-order chi connectivity index (χ1) is 16.2. The molecule has 0 aliphatic heterocycles. The predicted molar refractivity (Wildman–Crippen MR) is 121 cm³/mol. The van der Waals surface area contributed by atoms with Crippen molar-refractivity contribution in [3.63, 3.8) is 0 Å². The summed E-state index contributed by atoms with van der Waals surface area (Å²) in [4.78, 5) is 16.1. The van der Waals surface area contributed by atoms with Gasteiger partial charge in [0.1, 0.15) is 18.1 Å². The molecule has 5 rings (SSSR count). The number of hydrogen-bond acceptors (Lipinski definition) is 6. The zero-order valence-corrected chi connectivity index (χ0v) is 17.2. The van der Waals surface area contributed by atoms with Gasteiger partial charge in [0.2, 0.25) is 0 Å². The van der Waals surface area contributed by atoms with Crippen molar-refractivity contribution < 1.29 is 9.53 Å². The number of amides is 1. The molecule has 2 heterocycles. The zero-order chi connectivity index (χ0) is 22.6. The molecule has 0 bridgehead atoms. The summed E-state index contributed by atoms with van der Waals surface area (Å²) in [7, 11) is 0.